The fraction of sp³-hybridized carbons (Fsp3) is 0.125. The van der Waals surface area contributed by atoms with Gasteiger partial charge in [-0.2, -0.15) is 0 Å². The molecule has 0 unspecified atom stereocenters. The average Bonchev–Trinajstić information content (AvgIpc) is 3.02. The molecule has 3 aromatic rings. The van der Waals surface area contributed by atoms with Crippen molar-refractivity contribution in [1.82, 2.24) is 15.0 Å². The van der Waals surface area contributed by atoms with Crippen LogP contribution in [0.2, 0.25) is 0 Å². The van der Waals surface area contributed by atoms with Crippen LogP contribution in [0.4, 0.5) is 0 Å². The molecule has 0 amide bonds. The maximum atomic E-state index is 5.32. The maximum Gasteiger partial charge on any atom is 0.119 e. The Morgan fingerprint density at radius 3 is 2.65 bits per heavy atom. The summed E-state index contributed by atoms with van der Waals surface area (Å²) in [5.41, 5.74) is 3.43. The smallest absolute Gasteiger partial charge is 0.119 e. The van der Waals surface area contributed by atoms with E-state index in [9.17, 15) is 0 Å². The van der Waals surface area contributed by atoms with E-state index in [-0.39, 0.29) is 0 Å². The van der Waals surface area contributed by atoms with Crippen LogP contribution < -0.4 is 4.74 Å². The highest BCUT2D eigenvalue weighted by molar-refractivity contribution is 5.47. The minimum absolute atomic E-state index is 0.827. The summed E-state index contributed by atoms with van der Waals surface area (Å²) in [5.74, 6) is 0.847. The van der Waals surface area contributed by atoms with Gasteiger partial charge in [0.1, 0.15) is 5.75 Å². The van der Waals surface area contributed by atoms with E-state index >= 15 is 0 Å². The first-order valence-electron chi connectivity index (χ1n) is 6.44. The van der Waals surface area contributed by atoms with Gasteiger partial charge in [0.05, 0.1) is 25.2 Å². The molecule has 0 radical (unpaired) electrons. The van der Waals surface area contributed by atoms with Crippen LogP contribution in [-0.4, -0.2) is 22.1 Å². The van der Waals surface area contributed by atoms with Crippen molar-refractivity contribution in [2.24, 2.45) is 0 Å². The van der Waals surface area contributed by atoms with Crippen LogP contribution in [0.15, 0.2) is 60.9 Å². The van der Waals surface area contributed by atoms with Crippen molar-refractivity contribution in [3.05, 3.63) is 72.1 Å². The molecule has 1 heterocycles. The first-order chi connectivity index (χ1) is 9.86. The van der Waals surface area contributed by atoms with Crippen LogP contribution in [0, 0.1) is 0 Å². The number of ether oxygens (including phenoxy) is 1. The minimum atomic E-state index is 0.827. The molecule has 0 spiro atoms. The summed E-state index contributed by atoms with van der Waals surface area (Å²) >= 11 is 0. The van der Waals surface area contributed by atoms with Gasteiger partial charge in [0.25, 0.3) is 0 Å². The van der Waals surface area contributed by atoms with Crippen molar-refractivity contribution in [2.45, 2.75) is 6.42 Å². The second kappa shape index (κ2) is 5.57. The quantitative estimate of drug-likeness (QED) is 0.728. The Balaban J connectivity index is 2.02. The van der Waals surface area contributed by atoms with Crippen molar-refractivity contribution in [3.8, 4) is 11.4 Å². The van der Waals surface area contributed by atoms with Gasteiger partial charge in [0, 0.05) is 0 Å². The summed E-state index contributed by atoms with van der Waals surface area (Å²) in [7, 11) is 1.68. The zero-order chi connectivity index (χ0) is 13.8. The van der Waals surface area contributed by atoms with Gasteiger partial charge in [-0.25, -0.2) is 4.68 Å². The first kappa shape index (κ1) is 12.4. The fourth-order valence-electron chi connectivity index (χ4n) is 2.21. The van der Waals surface area contributed by atoms with E-state index in [2.05, 4.69) is 22.4 Å². The molecule has 0 aliphatic rings. The van der Waals surface area contributed by atoms with Crippen LogP contribution in [0.3, 0.4) is 0 Å². The number of hydrogen-bond acceptors (Lipinski definition) is 3. The molecule has 0 aliphatic carbocycles. The zero-order valence-electron chi connectivity index (χ0n) is 11.2. The monoisotopic (exact) mass is 265 g/mol. The van der Waals surface area contributed by atoms with Crippen LogP contribution in [0.1, 0.15) is 11.1 Å². The van der Waals surface area contributed by atoms with Crippen LogP contribution in [-0.2, 0) is 6.42 Å². The largest absolute Gasteiger partial charge is 0.497 e. The summed E-state index contributed by atoms with van der Waals surface area (Å²) in [5, 5.41) is 7.94. The van der Waals surface area contributed by atoms with Gasteiger partial charge in [-0.05, 0) is 35.7 Å². The fourth-order valence-corrected chi connectivity index (χ4v) is 2.21. The predicted molar refractivity (Wildman–Crippen MR) is 77.2 cm³/mol. The normalized spacial score (nSPS) is 10.4. The van der Waals surface area contributed by atoms with Gasteiger partial charge >= 0.3 is 0 Å². The highest BCUT2D eigenvalue weighted by Crippen LogP contribution is 2.23. The lowest BCUT2D eigenvalue weighted by Crippen LogP contribution is -2.02. The topological polar surface area (TPSA) is 39.9 Å². The number of hydrogen-bond donors (Lipinski definition) is 0. The summed E-state index contributed by atoms with van der Waals surface area (Å²) < 4.78 is 7.10. The standard InChI is InChI=1S/C16H15N3O/c1-20-15-7-8-16(19-10-9-17-18-19)14(12-15)11-13-5-3-2-4-6-13/h2-10,12H,11H2,1H3. The van der Waals surface area contributed by atoms with Gasteiger partial charge in [-0.15, -0.1) is 5.10 Å². The molecule has 4 nitrogen and oxygen atoms in total. The van der Waals surface area contributed by atoms with E-state index in [4.69, 9.17) is 4.74 Å². The lowest BCUT2D eigenvalue weighted by Gasteiger charge is -2.11. The van der Waals surface area contributed by atoms with Crippen molar-refractivity contribution < 1.29 is 4.74 Å². The van der Waals surface area contributed by atoms with Gasteiger partial charge in [-0.3, -0.25) is 0 Å². The molecule has 0 bridgehead atoms. The van der Waals surface area contributed by atoms with Crippen molar-refractivity contribution in [2.75, 3.05) is 7.11 Å². The molecule has 4 heteroatoms. The van der Waals surface area contributed by atoms with Crippen molar-refractivity contribution in [3.63, 3.8) is 0 Å². The van der Waals surface area contributed by atoms with Crippen LogP contribution in [0.5, 0.6) is 5.75 Å². The second-order valence-electron chi connectivity index (χ2n) is 4.50. The Hall–Kier alpha value is -2.62. The third-order valence-corrected chi connectivity index (χ3v) is 3.19. The van der Waals surface area contributed by atoms with E-state index in [1.54, 1.807) is 18.0 Å². The Morgan fingerprint density at radius 1 is 1.10 bits per heavy atom. The number of rotatable bonds is 4. The average molecular weight is 265 g/mol. The first-order valence-corrected chi connectivity index (χ1v) is 6.44. The lowest BCUT2D eigenvalue weighted by atomic mass is 10.0. The molecule has 0 N–H and O–H groups in total. The molecule has 0 saturated heterocycles. The highest BCUT2D eigenvalue weighted by atomic mass is 16.5. The number of aromatic nitrogens is 3. The third-order valence-electron chi connectivity index (χ3n) is 3.19. The molecule has 0 atom stereocenters. The highest BCUT2D eigenvalue weighted by Gasteiger charge is 2.08. The second-order valence-corrected chi connectivity index (χ2v) is 4.50. The summed E-state index contributed by atoms with van der Waals surface area (Å²) in [6.45, 7) is 0. The molecule has 100 valence electrons. The lowest BCUT2D eigenvalue weighted by molar-refractivity contribution is 0.414. The number of methoxy groups -OCH3 is 1. The molecule has 2 aromatic carbocycles. The van der Waals surface area contributed by atoms with Crippen molar-refractivity contribution >= 4 is 0 Å². The third kappa shape index (κ3) is 2.54. The Labute approximate surface area is 117 Å². The van der Waals surface area contributed by atoms with Gasteiger partial charge in [0.15, 0.2) is 0 Å². The van der Waals surface area contributed by atoms with E-state index in [1.165, 1.54) is 5.56 Å². The zero-order valence-corrected chi connectivity index (χ0v) is 11.2. The molecule has 0 aliphatic heterocycles. The van der Waals surface area contributed by atoms with E-state index in [1.807, 2.05) is 42.6 Å². The molecular formula is C16H15N3O. The Bertz CT molecular complexity index is 678. The predicted octanol–water partition coefficient (Wildman–Crippen LogP) is 2.87. The minimum Gasteiger partial charge on any atom is -0.497 e. The molecule has 0 fully saturated rings. The summed E-state index contributed by atoms with van der Waals surface area (Å²) in [6.07, 6.45) is 4.35. The van der Waals surface area contributed by atoms with Gasteiger partial charge in [0.2, 0.25) is 0 Å². The maximum absolute atomic E-state index is 5.32. The molecule has 3 rings (SSSR count). The van der Waals surface area contributed by atoms with Crippen LogP contribution >= 0.6 is 0 Å². The van der Waals surface area contributed by atoms with Gasteiger partial charge in [-0.1, -0.05) is 35.5 Å². The molecular weight excluding hydrogens is 250 g/mol. The molecule has 20 heavy (non-hydrogen) atoms. The Kier molecular flexibility index (Phi) is 3.46. The van der Waals surface area contributed by atoms with E-state index in [0.29, 0.717) is 0 Å². The van der Waals surface area contributed by atoms with E-state index in [0.717, 1.165) is 23.4 Å². The van der Waals surface area contributed by atoms with Crippen LogP contribution in [0.25, 0.3) is 5.69 Å². The molecule has 1 aromatic heterocycles. The number of benzene rings is 2. The van der Waals surface area contributed by atoms with Crippen molar-refractivity contribution in [1.29, 1.82) is 0 Å². The summed E-state index contributed by atoms with van der Waals surface area (Å²) in [6, 6.07) is 16.3. The molecule has 0 saturated carbocycles. The van der Waals surface area contributed by atoms with E-state index < -0.39 is 0 Å². The summed E-state index contributed by atoms with van der Waals surface area (Å²) in [4.78, 5) is 0. The van der Waals surface area contributed by atoms with Gasteiger partial charge < -0.3 is 4.74 Å². The number of nitrogens with zero attached hydrogens (tertiary/aromatic N) is 3. The Morgan fingerprint density at radius 2 is 1.95 bits per heavy atom. The SMILES string of the molecule is COc1ccc(-n2ccnn2)c(Cc2ccccc2)c1.